The van der Waals surface area contributed by atoms with Crippen LogP contribution in [0.5, 0.6) is 11.5 Å². The molecule has 0 radical (unpaired) electrons. The number of para-hydroxylation sites is 1. The van der Waals surface area contributed by atoms with Crippen molar-refractivity contribution in [1.82, 2.24) is 4.90 Å². The molecule has 0 aliphatic carbocycles. The van der Waals surface area contributed by atoms with Crippen LogP contribution in [0.3, 0.4) is 0 Å². The first-order chi connectivity index (χ1) is 8.65. The molecule has 5 nitrogen and oxygen atoms in total. The van der Waals surface area contributed by atoms with E-state index in [9.17, 15) is 9.90 Å². The van der Waals surface area contributed by atoms with Crippen molar-refractivity contribution in [3.05, 3.63) is 23.8 Å². The maximum atomic E-state index is 12.4. The molecule has 1 aromatic carbocycles. The lowest BCUT2D eigenvalue weighted by molar-refractivity contribution is 0.00342. The quantitative estimate of drug-likeness (QED) is 0.859. The molecular formula is C13H17NO4. The second kappa shape index (κ2) is 5.27. The monoisotopic (exact) mass is 251 g/mol. The van der Waals surface area contributed by atoms with E-state index in [0.717, 1.165) is 0 Å². The minimum absolute atomic E-state index is 0.0110. The molecule has 0 saturated carbocycles. The third-order valence-corrected chi connectivity index (χ3v) is 3.08. The van der Waals surface area contributed by atoms with Crippen molar-refractivity contribution < 1.29 is 19.4 Å². The Kier molecular flexibility index (Phi) is 3.72. The number of carbonyl (C=O) groups excluding carboxylic acids is 1. The van der Waals surface area contributed by atoms with Crippen molar-refractivity contribution in [2.75, 3.05) is 26.9 Å². The number of phenolic OH excluding ortho intramolecular Hbond substituents is 1. The molecule has 1 fully saturated rings. The molecule has 1 saturated heterocycles. The normalized spacial score (nSPS) is 19.7. The molecule has 0 spiro atoms. The largest absolute Gasteiger partial charge is 0.504 e. The number of methoxy groups -OCH3 is 1. The van der Waals surface area contributed by atoms with Crippen LogP contribution in [0.2, 0.25) is 0 Å². The van der Waals surface area contributed by atoms with Crippen molar-refractivity contribution in [2.45, 2.75) is 13.0 Å². The number of ether oxygens (including phenoxy) is 2. The fraction of sp³-hybridized carbons (Fsp3) is 0.462. The molecular weight excluding hydrogens is 234 g/mol. The van der Waals surface area contributed by atoms with Gasteiger partial charge in [0.15, 0.2) is 11.5 Å². The van der Waals surface area contributed by atoms with Crippen molar-refractivity contribution in [3.63, 3.8) is 0 Å². The molecule has 1 unspecified atom stereocenters. The Balaban J connectivity index is 2.28. The van der Waals surface area contributed by atoms with Gasteiger partial charge in [0.2, 0.25) is 0 Å². The number of benzene rings is 1. The third-order valence-electron chi connectivity index (χ3n) is 3.08. The summed E-state index contributed by atoms with van der Waals surface area (Å²) in [4.78, 5) is 14.1. The molecule has 2 rings (SSSR count). The third kappa shape index (κ3) is 2.26. The van der Waals surface area contributed by atoms with Gasteiger partial charge in [0, 0.05) is 6.54 Å². The first-order valence-corrected chi connectivity index (χ1v) is 5.90. The van der Waals surface area contributed by atoms with Gasteiger partial charge in [-0.05, 0) is 19.1 Å². The van der Waals surface area contributed by atoms with Gasteiger partial charge in [-0.2, -0.15) is 0 Å². The van der Waals surface area contributed by atoms with Gasteiger partial charge in [0.1, 0.15) is 0 Å². The van der Waals surface area contributed by atoms with Gasteiger partial charge >= 0.3 is 0 Å². The molecule has 0 bridgehead atoms. The van der Waals surface area contributed by atoms with E-state index < -0.39 is 0 Å². The first-order valence-electron chi connectivity index (χ1n) is 5.90. The first kappa shape index (κ1) is 12.7. The summed E-state index contributed by atoms with van der Waals surface area (Å²) >= 11 is 0. The molecule has 1 N–H and O–H groups in total. The van der Waals surface area contributed by atoms with Crippen molar-refractivity contribution in [2.24, 2.45) is 0 Å². The molecule has 98 valence electrons. The van der Waals surface area contributed by atoms with Crippen LogP contribution in [0.1, 0.15) is 17.3 Å². The van der Waals surface area contributed by atoms with E-state index in [1.165, 1.54) is 7.11 Å². The number of phenols is 1. The predicted molar refractivity (Wildman–Crippen MR) is 66.0 cm³/mol. The number of hydrogen-bond donors (Lipinski definition) is 1. The van der Waals surface area contributed by atoms with Gasteiger partial charge in [-0.3, -0.25) is 4.79 Å². The standard InChI is InChI=1S/C13H17NO4/c1-9-8-18-7-6-14(9)13(16)10-4-3-5-11(17-2)12(10)15/h3-5,9,15H,6-8H2,1-2H3. The predicted octanol–water partition coefficient (Wildman–Crippen LogP) is 1.26. The summed E-state index contributed by atoms with van der Waals surface area (Å²) in [6, 6.07) is 4.92. The van der Waals surface area contributed by atoms with Gasteiger partial charge < -0.3 is 19.5 Å². The van der Waals surface area contributed by atoms with Gasteiger partial charge in [0.25, 0.3) is 5.91 Å². The number of amides is 1. The van der Waals surface area contributed by atoms with Crippen LogP contribution < -0.4 is 4.74 Å². The number of nitrogens with zero attached hydrogens (tertiary/aromatic N) is 1. The molecule has 1 amide bonds. The Labute approximate surface area is 106 Å². The van der Waals surface area contributed by atoms with Crippen LogP contribution >= 0.6 is 0 Å². The van der Waals surface area contributed by atoms with Gasteiger partial charge in [-0.15, -0.1) is 0 Å². The molecule has 1 aliphatic heterocycles. The van der Waals surface area contributed by atoms with E-state index in [2.05, 4.69) is 0 Å². The van der Waals surface area contributed by atoms with E-state index in [0.29, 0.717) is 25.5 Å². The summed E-state index contributed by atoms with van der Waals surface area (Å²) in [7, 11) is 1.46. The minimum Gasteiger partial charge on any atom is -0.504 e. The minimum atomic E-state index is -0.192. The maximum Gasteiger partial charge on any atom is 0.258 e. The summed E-state index contributed by atoms with van der Waals surface area (Å²) in [6.07, 6.45) is 0. The van der Waals surface area contributed by atoms with E-state index in [1.807, 2.05) is 6.92 Å². The molecule has 5 heteroatoms. The average molecular weight is 251 g/mol. The molecule has 1 aromatic rings. The Morgan fingerprint density at radius 1 is 1.56 bits per heavy atom. The Hall–Kier alpha value is -1.75. The smallest absolute Gasteiger partial charge is 0.258 e. The summed E-state index contributed by atoms with van der Waals surface area (Å²) in [5.74, 6) is 0.00709. The lowest BCUT2D eigenvalue weighted by atomic mass is 10.1. The molecule has 18 heavy (non-hydrogen) atoms. The number of morpholine rings is 1. The molecule has 1 atom stereocenters. The highest BCUT2D eigenvalue weighted by atomic mass is 16.5. The zero-order valence-electron chi connectivity index (χ0n) is 10.5. The highest BCUT2D eigenvalue weighted by Crippen LogP contribution is 2.30. The Morgan fingerprint density at radius 3 is 3.00 bits per heavy atom. The second-order valence-corrected chi connectivity index (χ2v) is 4.28. The summed E-state index contributed by atoms with van der Waals surface area (Å²) in [5, 5.41) is 9.97. The van der Waals surface area contributed by atoms with Crippen LogP contribution in [0.15, 0.2) is 18.2 Å². The topological polar surface area (TPSA) is 59.0 Å². The zero-order chi connectivity index (χ0) is 13.1. The van der Waals surface area contributed by atoms with Gasteiger partial charge in [0.05, 0.1) is 31.9 Å². The highest BCUT2D eigenvalue weighted by molar-refractivity contribution is 5.97. The van der Waals surface area contributed by atoms with E-state index in [1.54, 1.807) is 23.1 Å². The second-order valence-electron chi connectivity index (χ2n) is 4.28. The van der Waals surface area contributed by atoms with Crippen LogP contribution in [-0.4, -0.2) is 48.8 Å². The van der Waals surface area contributed by atoms with Crippen molar-refractivity contribution in [1.29, 1.82) is 0 Å². The summed E-state index contributed by atoms with van der Waals surface area (Å²) in [6.45, 7) is 3.52. The Bertz CT molecular complexity index is 447. The fourth-order valence-corrected chi connectivity index (χ4v) is 2.04. The van der Waals surface area contributed by atoms with Crippen LogP contribution in [0, 0.1) is 0 Å². The molecule has 1 heterocycles. The van der Waals surface area contributed by atoms with Gasteiger partial charge in [-0.25, -0.2) is 0 Å². The number of aromatic hydroxyl groups is 1. The fourth-order valence-electron chi connectivity index (χ4n) is 2.04. The van der Waals surface area contributed by atoms with Crippen LogP contribution in [0.4, 0.5) is 0 Å². The lowest BCUT2D eigenvalue weighted by Crippen LogP contribution is -2.47. The van der Waals surface area contributed by atoms with Crippen LogP contribution in [0.25, 0.3) is 0 Å². The molecule has 0 aromatic heterocycles. The number of hydrogen-bond acceptors (Lipinski definition) is 4. The highest BCUT2D eigenvalue weighted by Gasteiger charge is 2.27. The number of carbonyl (C=O) groups is 1. The van der Waals surface area contributed by atoms with Gasteiger partial charge in [-0.1, -0.05) is 6.07 Å². The average Bonchev–Trinajstić information content (AvgIpc) is 2.39. The maximum absolute atomic E-state index is 12.4. The SMILES string of the molecule is COc1cccc(C(=O)N2CCOCC2C)c1O. The van der Waals surface area contributed by atoms with Crippen LogP contribution in [-0.2, 0) is 4.74 Å². The van der Waals surface area contributed by atoms with E-state index in [-0.39, 0.29) is 23.3 Å². The zero-order valence-corrected chi connectivity index (χ0v) is 10.5. The summed E-state index contributed by atoms with van der Waals surface area (Å²) < 4.78 is 10.3. The van der Waals surface area contributed by atoms with E-state index >= 15 is 0 Å². The Morgan fingerprint density at radius 2 is 2.33 bits per heavy atom. The lowest BCUT2D eigenvalue weighted by Gasteiger charge is -2.33. The van der Waals surface area contributed by atoms with Crippen molar-refractivity contribution >= 4 is 5.91 Å². The van der Waals surface area contributed by atoms with Crippen molar-refractivity contribution in [3.8, 4) is 11.5 Å². The molecule has 1 aliphatic rings. The van der Waals surface area contributed by atoms with E-state index in [4.69, 9.17) is 9.47 Å². The number of rotatable bonds is 2. The summed E-state index contributed by atoms with van der Waals surface area (Å²) in [5.41, 5.74) is 0.267.